The molecule has 1 fully saturated rings. The van der Waals surface area contributed by atoms with Gasteiger partial charge in [-0.05, 0) is 50.1 Å². The van der Waals surface area contributed by atoms with E-state index in [1.807, 2.05) is 45.0 Å². The number of nitrogens with zero attached hydrogens (tertiary/aromatic N) is 1. The highest BCUT2D eigenvalue weighted by Crippen LogP contribution is 2.39. The number of ether oxygens (including phenoxy) is 1. The van der Waals surface area contributed by atoms with Crippen molar-refractivity contribution >= 4 is 17.4 Å². The van der Waals surface area contributed by atoms with Gasteiger partial charge in [-0.25, -0.2) is 0 Å². The predicted molar refractivity (Wildman–Crippen MR) is 113 cm³/mol. The maximum Gasteiger partial charge on any atom is 0.295 e. The van der Waals surface area contributed by atoms with Crippen LogP contribution in [0.5, 0.6) is 5.75 Å². The Labute approximate surface area is 170 Å². The van der Waals surface area contributed by atoms with Crippen molar-refractivity contribution < 1.29 is 19.4 Å². The zero-order valence-electron chi connectivity index (χ0n) is 16.9. The van der Waals surface area contributed by atoms with Crippen LogP contribution in [0.1, 0.15) is 35.2 Å². The zero-order valence-corrected chi connectivity index (χ0v) is 16.9. The van der Waals surface area contributed by atoms with E-state index in [9.17, 15) is 14.7 Å². The lowest BCUT2D eigenvalue weighted by Crippen LogP contribution is -2.29. The van der Waals surface area contributed by atoms with Gasteiger partial charge in [0.2, 0.25) is 0 Å². The number of hydrogen-bond acceptors (Lipinski definition) is 4. The Morgan fingerprint density at radius 3 is 2.45 bits per heavy atom. The van der Waals surface area contributed by atoms with Crippen molar-refractivity contribution in [2.75, 3.05) is 13.2 Å². The van der Waals surface area contributed by atoms with Crippen LogP contribution in [-0.4, -0.2) is 34.8 Å². The number of Topliss-reactive ketones (excluding diaryl/α,β-unsaturated/α-hetero) is 1. The van der Waals surface area contributed by atoms with Crippen molar-refractivity contribution in [2.45, 2.75) is 26.8 Å². The molecule has 2 aromatic carbocycles. The molecule has 29 heavy (non-hydrogen) atoms. The number of rotatable bonds is 6. The van der Waals surface area contributed by atoms with Crippen molar-refractivity contribution in [3.8, 4) is 5.75 Å². The van der Waals surface area contributed by atoms with Crippen LogP contribution in [0.25, 0.3) is 5.76 Å². The highest BCUT2D eigenvalue weighted by molar-refractivity contribution is 6.46. The SMILES string of the molecule is C=CCN1C(=O)C(=O)C(=C(O)c2ccc(OCC)c(C)c2)[C@H]1c1ccc(C)cc1. The molecule has 5 nitrogen and oxygen atoms in total. The molecule has 0 unspecified atom stereocenters. The summed E-state index contributed by atoms with van der Waals surface area (Å²) >= 11 is 0. The van der Waals surface area contributed by atoms with E-state index < -0.39 is 17.7 Å². The number of hydrogen-bond donors (Lipinski definition) is 1. The van der Waals surface area contributed by atoms with Gasteiger partial charge in [-0.15, -0.1) is 6.58 Å². The second-order valence-electron chi connectivity index (χ2n) is 7.06. The van der Waals surface area contributed by atoms with E-state index in [0.717, 1.165) is 16.7 Å². The first-order valence-corrected chi connectivity index (χ1v) is 9.58. The molecule has 5 heteroatoms. The summed E-state index contributed by atoms with van der Waals surface area (Å²) in [4.78, 5) is 26.9. The fourth-order valence-electron chi connectivity index (χ4n) is 3.57. The largest absolute Gasteiger partial charge is 0.507 e. The molecule has 0 aromatic heterocycles. The van der Waals surface area contributed by atoms with E-state index >= 15 is 0 Å². The Kier molecular flexibility index (Phi) is 5.87. The minimum Gasteiger partial charge on any atom is -0.507 e. The highest BCUT2D eigenvalue weighted by Gasteiger charge is 2.45. The zero-order chi connectivity index (χ0) is 21.1. The lowest BCUT2D eigenvalue weighted by Gasteiger charge is -2.24. The quantitative estimate of drug-likeness (QED) is 0.345. The van der Waals surface area contributed by atoms with Gasteiger partial charge in [-0.2, -0.15) is 0 Å². The van der Waals surface area contributed by atoms with Gasteiger partial charge in [0, 0.05) is 12.1 Å². The first-order chi connectivity index (χ1) is 13.9. The molecule has 0 spiro atoms. The number of carbonyl (C=O) groups is 2. The molecule has 0 bridgehead atoms. The van der Waals surface area contributed by atoms with Crippen molar-refractivity contribution in [1.29, 1.82) is 0 Å². The highest BCUT2D eigenvalue weighted by atomic mass is 16.5. The molecular formula is C24H25NO4. The number of ketones is 1. The molecule has 150 valence electrons. The Morgan fingerprint density at radius 1 is 1.17 bits per heavy atom. The first kappa shape index (κ1) is 20.4. The van der Waals surface area contributed by atoms with E-state index in [0.29, 0.717) is 17.9 Å². The second-order valence-corrected chi connectivity index (χ2v) is 7.06. The van der Waals surface area contributed by atoms with Crippen LogP contribution in [-0.2, 0) is 9.59 Å². The normalized spacial score (nSPS) is 18.2. The molecule has 3 rings (SSSR count). The van der Waals surface area contributed by atoms with Crippen LogP contribution in [0.4, 0.5) is 0 Å². The van der Waals surface area contributed by atoms with E-state index in [-0.39, 0.29) is 17.9 Å². The summed E-state index contributed by atoms with van der Waals surface area (Å²) in [5.74, 6) is -0.806. The lowest BCUT2D eigenvalue weighted by atomic mass is 9.94. The van der Waals surface area contributed by atoms with Gasteiger partial charge in [0.15, 0.2) is 0 Å². The molecule has 1 amide bonds. The molecule has 0 radical (unpaired) electrons. The number of aliphatic hydroxyl groups is 1. The van der Waals surface area contributed by atoms with Gasteiger partial charge in [-0.1, -0.05) is 35.9 Å². The van der Waals surface area contributed by atoms with Crippen molar-refractivity contribution in [1.82, 2.24) is 4.90 Å². The summed E-state index contributed by atoms with van der Waals surface area (Å²) in [5, 5.41) is 11.0. The van der Waals surface area contributed by atoms with Crippen LogP contribution in [0.3, 0.4) is 0 Å². The molecule has 1 aliphatic rings. The summed E-state index contributed by atoms with van der Waals surface area (Å²) in [7, 11) is 0. The maximum atomic E-state index is 12.8. The van der Waals surface area contributed by atoms with E-state index in [4.69, 9.17) is 4.74 Å². The molecule has 1 atom stereocenters. The minimum absolute atomic E-state index is 0.0873. The number of likely N-dealkylation sites (tertiary alicyclic amines) is 1. The van der Waals surface area contributed by atoms with E-state index in [1.165, 1.54) is 4.90 Å². The molecule has 0 saturated carbocycles. The fraction of sp³-hybridized carbons (Fsp3) is 0.250. The van der Waals surface area contributed by atoms with Gasteiger partial charge in [-0.3, -0.25) is 9.59 Å². The Balaban J connectivity index is 2.15. The Morgan fingerprint density at radius 2 is 1.86 bits per heavy atom. The maximum absolute atomic E-state index is 12.8. The molecule has 2 aromatic rings. The van der Waals surface area contributed by atoms with Gasteiger partial charge < -0.3 is 14.7 Å². The summed E-state index contributed by atoms with van der Waals surface area (Å²) in [6.07, 6.45) is 1.58. The molecule has 0 aliphatic carbocycles. The number of aliphatic hydroxyl groups excluding tert-OH is 1. The number of aryl methyl sites for hydroxylation is 2. The number of benzene rings is 2. The molecule has 1 aliphatic heterocycles. The average molecular weight is 391 g/mol. The van der Waals surface area contributed by atoms with E-state index in [1.54, 1.807) is 24.3 Å². The van der Waals surface area contributed by atoms with E-state index in [2.05, 4.69) is 6.58 Å². The summed E-state index contributed by atoms with van der Waals surface area (Å²) < 4.78 is 5.55. The Hall–Kier alpha value is -3.34. The fourth-order valence-corrected chi connectivity index (χ4v) is 3.57. The third kappa shape index (κ3) is 3.81. The number of amides is 1. The predicted octanol–water partition coefficient (Wildman–Crippen LogP) is 4.31. The summed E-state index contributed by atoms with van der Waals surface area (Å²) in [6.45, 7) is 10.2. The molecule has 1 saturated heterocycles. The van der Waals surface area contributed by atoms with Crippen LogP contribution in [0.2, 0.25) is 0 Å². The molecule has 1 heterocycles. The topological polar surface area (TPSA) is 66.8 Å². The Bertz CT molecular complexity index is 988. The van der Waals surface area contributed by atoms with Crippen molar-refractivity contribution in [3.05, 3.63) is 82.9 Å². The third-order valence-corrected chi connectivity index (χ3v) is 5.01. The molecular weight excluding hydrogens is 366 g/mol. The van der Waals surface area contributed by atoms with Gasteiger partial charge in [0.05, 0.1) is 18.2 Å². The first-order valence-electron chi connectivity index (χ1n) is 9.58. The van der Waals surface area contributed by atoms with Crippen molar-refractivity contribution in [2.24, 2.45) is 0 Å². The van der Waals surface area contributed by atoms with Crippen molar-refractivity contribution in [3.63, 3.8) is 0 Å². The lowest BCUT2D eigenvalue weighted by molar-refractivity contribution is -0.139. The monoisotopic (exact) mass is 391 g/mol. The van der Waals surface area contributed by atoms with Crippen LogP contribution in [0, 0.1) is 13.8 Å². The summed E-state index contributed by atoms with van der Waals surface area (Å²) in [6, 6.07) is 12.1. The molecule has 1 N–H and O–H groups in total. The van der Waals surface area contributed by atoms with Gasteiger partial charge in [0.25, 0.3) is 11.7 Å². The van der Waals surface area contributed by atoms with Gasteiger partial charge >= 0.3 is 0 Å². The van der Waals surface area contributed by atoms with Crippen LogP contribution >= 0.6 is 0 Å². The average Bonchev–Trinajstić information content (AvgIpc) is 2.95. The van der Waals surface area contributed by atoms with Gasteiger partial charge in [0.1, 0.15) is 11.5 Å². The third-order valence-electron chi connectivity index (χ3n) is 5.01. The second kappa shape index (κ2) is 8.35. The van der Waals surface area contributed by atoms with Crippen LogP contribution < -0.4 is 4.74 Å². The summed E-state index contributed by atoms with van der Waals surface area (Å²) in [5.41, 5.74) is 3.23. The number of carbonyl (C=O) groups excluding carboxylic acids is 2. The standard InChI is InChI=1S/C24H25NO4/c1-5-13-25-21(17-9-7-15(3)8-10-17)20(23(27)24(25)28)22(26)18-11-12-19(29-6-2)16(4)14-18/h5,7-12,14,21,26H,1,6,13H2,2-4H3/t21-/m1/s1. The smallest absolute Gasteiger partial charge is 0.295 e. The van der Waals surface area contributed by atoms with Crippen LogP contribution in [0.15, 0.2) is 60.7 Å². The minimum atomic E-state index is -0.693.